The summed E-state index contributed by atoms with van der Waals surface area (Å²) >= 11 is 0. The van der Waals surface area contributed by atoms with E-state index < -0.39 is 0 Å². The third kappa shape index (κ3) is 3.32. The number of carbonyl (C=O) groups excluding carboxylic acids is 1. The van der Waals surface area contributed by atoms with Gasteiger partial charge in [0.2, 0.25) is 5.91 Å². The monoisotopic (exact) mass is 185 g/mol. The highest BCUT2D eigenvalue weighted by Gasteiger charge is 2.18. The van der Waals surface area contributed by atoms with Gasteiger partial charge in [-0.2, -0.15) is 0 Å². The smallest absolute Gasteiger partial charge is 0.219 e. The van der Waals surface area contributed by atoms with Gasteiger partial charge in [-0.25, -0.2) is 0 Å². The van der Waals surface area contributed by atoms with Gasteiger partial charge in [0.1, 0.15) is 0 Å². The number of hydrogen-bond acceptors (Lipinski definition) is 3. The molecule has 0 saturated carbocycles. The first kappa shape index (κ1) is 10.5. The molecule has 4 nitrogen and oxygen atoms in total. The molecule has 0 radical (unpaired) electrons. The average Bonchev–Trinajstić information content (AvgIpc) is 2.04. The molecule has 0 bridgehead atoms. The lowest BCUT2D eigenvalue weighted by Crippen LogP contribution is -2.50. The van der Waals surface area contributed by atoms with Gasteiger partial charge in [0.25, 0.3) is 0 Å². The maximum Gasteiger partial charge on any atom is 0.219 e. The van der Waals surface area contributed by atoms with Crippen LogP contribution in [0.3, 0.4) is 0 Å². The highest BCUT2D eigenvalue weighted by Crippen LogP contribution is 2.01. The SMILES string of the molecule is CC(=O)N1CCN(CC(C)N)CC1. The van der Waals surface area contributed by atoms with Gasteiger partial charge < -0.3 is 10.6 Å². The fourth-order valence-corrected chi connectivity index (χ4v) is 1.65. The van der Waals surface area contributed by atoms with E-state index in [0.29, 0.717) is 0 Å². The zero-order valence-corrected chi connectivity index (χ0v) is 8.49. The number of amides is 1. The van der Waals surface area contributed by atoms with Crippen LogP contribution in [0.1, 0.15) is 13.8 Å². The Labute approximate surface area is 79.7 Å². The van der Waals surface area contributed by atoms with Crippen LogP contribution in [0.2, 0.25) is 0 Å². The Morgan fingerprint density at radius 3 is 2.31 bits per heavy atom. The second-order valence-electron chi connectivity index (χ2n) is 3.78. The first-order valence-electron chi connectivity index (χ1n) is 4.83. The Hall–Kier alpha value is -0.610. The number of piperazine rings is 1. The molecule has 2 N–H and O–H groups in total. The number of rotatable bonds is 2. The van der Waals surface area contributed by atoms with Crippen molar-refractivity contribution in [2.75, 3.05) is 32.7 Å². The van der Waals surface area contributed by atoms with Gasteiger partial charge in [-0.3, -0.25) is 9.69 Å². The molecule has 1 fully saturated rings. The molecule has 0 aromatic carbocycles. The lowest BCUT2D eigenvalue weighted by Gasteiger charge is -2.34. The molecule has 1 aliphatic rings. The minimum absolute atomic E-state index is 0.181. The van der Waals surface area contributed by atoms with Crippen molar-refractivity contribution in [1.82, 2.24) is 9.80 Å². The van der Waals surface area contributed by atoms with Crippen molar-refractivity contribution in [3.8, 4) is 0 Å². The quantitative estimate of drug-likeness (QED) is 0.631. The molecule has 1 unspecified atom stereocenters. The fourth-order valence-electron chi connectivity index (χ4n) is 1.65. The van der Waals surface area contributed by atoms with Crippen molar-refractivity contribution in [2.45, 2.75) is 19.9 Å². The molecule has 1 atom stereocenters. The highest BCUT2D eigenvalue weighted by molar-refractivity contribution is 5.73. The van der Waals surface area contributed by atoms with E-state index in [4.69, 9.17) is 5.73 Å². The summed E-state index contributed by atoms with van der Waals surface area (Å²) in [5, 5.41) is 0. The summed E-state index contributed by atoms with van der Waals surface area (Å²) < 4.78 is 0. The molecule has 0 spiro atoms. The molecule has 1 rings (SSSR count). The first-order chi connectivity index (χ1) is 6.09. The van der Waals surface area contributed by atoms with Gasteiger partial charge in [0.15, 0.2) is 0 Å². The molecule has 1 saturated heterocycles. The fraction of sp³-hybridized carbons (Fsp3) is 0.889. The summed E-state index contributed by atoms with van der Waals surface area (Å²) in [7, 11) is 0. The van der Waals surface area contributed by atoms with Crippen LogP contribution in [0, 0.1) is 0 Å². The van der Waals surface area contributed by atoms with E-state index in [9.17, 15) is 4.79 Å². The zero-order valence-electron chi connectivity index (χ0n) is 8.49. The van der Waals surface area contributed by atoms with E-state index in [1.807, 2.05) is 11.8 Å². The van der Waals surface area contributed by atoms with Crippen LogP contribution in [0.4, 0.5) is 0 Å². The Morgan fingerprint density at radius 1 is 1.38 bits per heavy atom. The Kier molecular flexibility index (Phi) is 3.69. The molecule has 1 heterocycles. The van der Waals surface area contributed by atoms with Crippen molar-refractivity contribution >= 4 is 5.91 Å². The van der Waals surface area contributed by atoms with Crippen molar-refractivity contribution in [1.29, 1.82) is 0 Å². The van der Waals surface area contributed by atoms with E-state index in [2.05, 4.69) is 4.90 Å². The maximum atomic E-state index is 11.0. The second-order valence-corrected chi connectivity index (χ2v) is 3.78. The molecule has 1 amide bonds. The van der Waals surface area contributed by atoms with E-state index in [1.54, 1.807) is 6.92 Å². The van der Waals surface area contributed by atoms with Crippen LogP contribution in [0.25, 0.3) is 0 Å². The Morgan fingerprint density at radius 2 is 1.92 bits per heavy atom. The summed E-state index contributed by atoms with van der Waals surface area (Å²) in [6.45, 7) is 8.19. The molecule has 76 valence electrons. The molecular weight excluding hydrogens is 166 g/mol. The predicted molar refractivity (Wildman–Crippen MR) is 52.3 cm³/mol. The van der Waals surface area contributed by atoms with E-state index in [0.717, 1.165) is 32.7 Å². The third-order valence-corrected chi connectivity index (χ3v) is 2.36. The van der Waals surface area contributed by atoms with Gasteiger partial charge >= 0.3 is 0 Å². The summed E-state index contributed by atoms with van der Waals surface area (Å²) in [5.74, 6) is 0.181. The summed E-state index contributed by atoms with van der Waals surface area (Å²) in [4.78, 5) is 15.2. The van der Waals surface area contributed by atoms with Gasteiger partial charge in [-0.05, 0) is 6.92 Å². The summed E-state index contributed by atoms with van der Waals surface area (Å²) in [5.41, 5.74) is 5.70. The summed E-state index contributed by atoms with van der Waals surface area (Å²) in [6, 6.07) is 0.226. The van der Waals surface area contributed by atoms with E-state index >= 15 is 0 Å². The Bertz CT molecular complexity index is 174. The van der Waals surface area contributed by atoms with Crippen molar-refractivity contribution in [3.63, 3.8) is 0 Å². The molecule has 13 heavy (non-hydrogen) atoms. The molecule has 0 aromatic heterocycles. The topological polar surface area (TPSA) is 49.6 Å². The minimum Gasteiger partial charge on any atom is -0.340 e. The van der Waals surface area contributed by atoms with Crippen molar-refractivity contribution in [3.05, 3.63) is 0 Å². The predicted octanol–water partition coefficient (Wildman–Crippen LogP) is -0.502. The van der Waals surface area contributed by atoms with Gasteiger partial charge in [-0.1, -0.05) is 0 Å². The first-order valence-corrected chi connectivity index (χ1v) is 4.83. The standard InChI is InChI=1S/C9H19N3O/c1-8(10)7-11-3-5-12(6-4-11)9(2)13/h8H,3-7,10H2,1-2H3. The van der Waals surface area contributed by atoms with Crippen molar-refractivity contribution < 1.29 is 4.79 Å². The second kappa shape index (κ2) is 4.58. The lowest BCUT2D eigenvalue weighted by molar-refractivity contribution is -0.130. The third-order valence-electron chi connectivity index (χ3n) is 2.36. The number of nitrogens with two attached hydrogens (primary N) is 1. The number of carbonyl (C=O) groups is 1. The average molecular weight is 185 g/mol. The van der Waals surface area contributed by atoms with Crippen LogP contribution in [0.15, 0.2) is 0 Å². The molecule has 0 aliphatic carbocycles. The molecule has 1 aliphatic heterocycles. The van der Waals surface area contributed by atoms with E-state index in [-0.39, 0.29) is 11.9 Å². The normalized spacial score (nSPS) is 21.6. The molecular formula is C9H19N3O. The highest BCUT2D eigenvalue weighted by atomic mass is 16.2. The summed E-state index contributed by atoms with van der Waals surface area (Å²) in [6.07, 6.45) is 0. The minimum atomic E-state index is 0.181. The Balaban J connectivity index is 2.26. The number of hydrogen-bond donors (Lipinski definition) is 1. The number of nitrogens with zero attached hydrogens (tertiary/aromatic N) is 2. The van der Waals surface area contributed by atoms with Crippen LogP contribution in [-0.2, 0) is 4.79 Å². The molecule has 4 heteroatoms. The van der Waals surface area contributed by atoms with Gasteiger partial charge in [0.05, 0.1) is 0 Å². The molecule has 0 aromatic rings. The zero-order chi connectivity index (χ0) is 9.84. The van der Waals surface area contributed by atoms with Crippen LogP contribution in [0.5, 0.6) is 0 Å². The lowest BCUT2D eigenvalue weighted by atomic mass is 10.2. The largest absolute Gasteiger partial charge is 0.340 e. The van der Waals surface area contributed by atoms with Crippen LogP contribution < -0.4 is 5.73 Å². The van der Waals surface area contributed by atoms with Gasteiger partial charge in [-0.15, -0.1) is 0 Å². The maximum absolute atomic E-state index is 11.0. The van der Waals surface area contributed by atoms with Crippen molar-refractivity contribution in [2.24, 2.45) is 5.73 Å². The van der Waals surface area contributed by atoms with Crippen LogP contribution >= 0.6 is 0 Å². The van der Waals surface area contributed by atoms with Gasteiger partial charge in [0, 0.05) is 45.7 Å². The van der Waals surface area contributed by atoms with E-state index in [1.165, 1.54) is 0 Å². The van der Waals surface area contributed by atoms with Crippen LogP contribution in [-0.4, -0.2) is 54.5 Å².